The Kier molecular flexibility index (Phi) is 3.81. The van der Waals surface area contributed by atoms with Crippen LogP contribution < -0.4 is 5.32 Å². The van der Waals surface area contributed by atoms with Gasteiger partial charge in [-0.15, -0.1) is 0 Å². The molecule has 2 nitrogen and oxygen atoms in total. The van der Waals surface area contributed by atoms with Gasteiger partial charge >= 0.3 is 0 Å². The molecule has 1 heterocycles. The second kappa shape index (κ2) is 4.79. The predicted molar refractivity (Wildman–Crippen MR) is 76.8 cm³/mol. The Morgan fingerprint density at radius 1 is 1.22 bits per heavy atom. The molecular formula is C16H31NO. The van der Waals surface area contributed by atoms with Gasteiger partial charge in [-0.3, -0.25) is 0 Å². The Morgan fingerprint density at radius 2 is 1.83 bits per heavy atom. The summed E-state index contributed by atoms with van der Waals surface area (Å²) in [6.07, 6.45) is 7.78. The monoisotopic (exact) mass is 253 g/mol. The highest BCUT2D eigenvalue weighted by molar-refractivity contribution is 4.97. The van der Waals surface area contributed by atoms with Gasteiger partial charge in [0.1, 0.15) is 0 Å². The van der Waals surface area contributed by atoms with E-state index in [-0.39, 0.29) is 5.60 Å². The van der Waals surface area contributed by atoms with Gasteiger partial charge in [0.2, 0.25) is 0 Å². The van der Waals surface area contributed by atoms with Crippen molar-refractivity contribution in [3.8, 4) is 0 Å². The fourth-order valence-electron chi connectivity index (χ4n) is 3.70. The van der Waals surface area contributed by atoms with Crippen molar-refractivity contribution in [2.45, 2.75) is 90.3 Å². The minimum Gasteiger partial charge on any atom is -0.375 e. The van der Waals surface area contributed by atoms with Crippen molar-refractivity contribution in [2.24, 2.45) is 5.41 Å². The molecule has 0 atom stereocenters. The number of nitrogens with one attached hydrogen (secondary N) is 1. The molecule has 0 bridgehead atoms. The van der Waals surface area contributed by atoms with Crippen LogP contribution >= 0.6 is 0 Å². The Morgan fingerprint density at radius 3 is 2.28 bits per heavy atom. The van der Waals surface area contributed by atoms with Crippen LogP contribution in [0.4, 0.5) is 0 Å². The fourth-order valence-corrected chi connectivity index (χ4v) is 3.70. The minimum absolute atomic E-state index is 0.114. The van der Waals surface area contributed by atoms with Gasteiger partial charge in [0.15, 0.2) is 0 Å². The van der Waals surface area contributed by atoms with Crippen molar-refractivity contribution >= 4 is 0 Å². The Hall–Kier alpha value is -0.0800. The molecule has 2 fully saturated rings. The highest BCUT2D eigenvalue weighted by Gasteiger charge is 2.46. The molecule has 1 saturated heterocycles. The van der Waals surface area contributed by atoms with Crippen LogP contribution in [0.2, 0.25) is 0 Å². The van der Waals surface area contributed by atoms with E-state index in [1.54, 1.807) is 0 Å². The summed E-state index contributed by atoms with van der Waals surface area (Å²) in [7, 11) is 0. The minimum atomic E-state index is 0.114. The molecule has 1 N–H and O–H groups in total. The predicted octanol–water partition coefficient (Wildman–Crippen LogP) is 3.89. The van der Waals surface area contributed by atoms with E-state index in [1.807, 2.05) is 0 Å². The van der Waals surface area contributed by atoms with E-state index in [4.69, 9.17) is 4.74 Å². The van der Waals surface area contributed by atoms with Crippen LogP contribution in [0, 0.1) is 5.41 Å². The molecule has 0 radical (unpaired) electrons. The van der Waals surface area contributed by atoms with Crippen molar-refractivity contribution < 1.29 is 4.74 Å². The molecule has 0 aromatic rings. The van der Waals surface area contributed by atoms with E-state index in [0.717, 1.165) is 6.61 Å². The highest BCUT2D eigenvalue weighted by Crippen LogP contribution is 2.48. The molecule has 0 amide bonds. The van der Waals surface area contributed by atoms with Crippen molar-refractivity contribution in [3.05, 3.63) is 0 Å². The third-order valence-corrected chi connectivity index (χ3v) is 5.09. The Labute approximate surface area is 113 Å². The number of ether oxygens (including phenoxy) is 1. The smallest absolute Gasteiger partial charge is 0.0632 e. The maximum absolute atomic E-state index is 5.97. The third-order valence-electron chi connectivity index (χ3n) is 5.09. The van der Waals surface area contributed by atoms with Gasteiger partial charge in [-0.1, -0.05) is 6.92 Å². The standard InChI is InChI=1S/C16H31NO/c1-6-14(2,3)17-13-7-9-16(10-8-13)11-15(4,5)18-12-16/h13,17H,6-12H2,1-5H3. The molecule has 2 aliphatic rings. The maximum atomic E-state index is 5.97. The summed E-state index contributed by atoms with van der Waals surface area (Å²) in [4.78, 5) is 0. The molecule has 0 aromatic carbocycles. The average molecular weight is 253 g/mol. The van der Waals surface area contributed by atoms with Gasteiger partial charge in [-0.05, 0) is 71.6 Å². The highest BCUT2D eigenvalue weighted by atomic mass is 16.5. The van der Waals surface area contributed by atoms with Crippen LogP contribution in [0.1, 0.15) is 73.1 Å². The normalized spacial score (nSPS) is 36.2. The summed E-state index contributed by atoms with van der Waals surface area (Å²) < 4.78 is 5.97. The van der Waals surface area contributed by atoms with E-state index < -0.39 is 0 Å². The van der Waals surface area contributed by atoms with E-state index in [0.29, 0.717) is 17.0 Å². The van der Waals surface area contributed by atoms with Crippen LogP contribution in [-0.4, -0.2) is 23.8 Å². The molecule has 1 aliphatic carbocycles. The van der Waals surface area contributed by atoms with Crippen molar-refractivity contribution in [2.75, 3.05) is 6.61 Å². The maximum Gasteiger partial charge on any atom is 0.0632 e. The lowest BCUT2D eigenvalue weighted by atomic mass is 9.69. The summed E-state index contributed by atoms with van der Waals surface area (Å²) >= 11 is 0. The molecule has 1 aliphatic heterocycles. The number of hydrogen-bond donors (Lipinski definition) is 1. The van der Waals surface area contributed by atoms with Gasteiger partial charge in [0.25, 0.3) is 0 Å². The van der Waals surface area contributed by atoms with Gasteiger partial charge in [0, 0.05) is 11.6 Å². The summed E-state index contributed by atoms with van der Waals surface area (Å²) in [5, 5.41) is 3.83. The average Bonchev–Trinajstić information content (AvgIpc) is 2.58. The third kappa shape index (κ3) is 3.27. The molecule has 106 valence electrons. The van der Waals surface area contributed by atoms with Crippen LogP contribution in [0.25, 0.3) is 0 Å². The van der Waals surface area contributed by atoms with E-state index in [9.17, 15) is 0 Å². The summed E-state index contributed by atoms with van der Waals surface area (Å²) in [6, 6.07) is 0.717. The van der Waals surface area contributed by atoms with Gasteiger partial charge in [0.05, 0.1) is 12.2 Å². The summed E-state index contributed by atoms with van der Waals surface area (Å²) in [6.45, 7) is 12.4. The van der Waals surface area contributed by atoms with Crippen LogP contribution in [0.3, 0.4) is 0 Å². The van der Waals surface area contributed by atoms with Crippen LogP contribution in [-0.2, 0) is 4.74 Å². The van der Waals surface area contributed by atoms with Crippen LogP contribution in [0.5, 0.6) is 0 Å². The lowest BCUT2D eigenvalue weighted by molar-refractivity contribution is 0.0274. The molecule has 1 spiro atoms. The van der Waals surface area contributed by atoms with Crippen molar-refractivity contribution in [1.82, 2.24) is 5.32 Å². The summed E-state index contributed by atoms with van der Waals surface area (Å²) in [5.74, 6) is 0. The van der Waals surface area contributed by atoms with Crippen molar-refractivity contribution in [1.29, 1.82) is 0 Å². The second-order valence-corrected chi connectivity index (χ2v) is 7.88. The molecule has 1 saturated carbocycles. The van der Waals surface area contributed by atoms with Gasteiger partial charge in [-0.25, -0.2) is 0 Å². The molecule has 0 aromatic heterocycles. The number of hydrogen-bond acceptors (Lipinski definition) is 2. The first-order valence-corrected chi connectivity index (χ1v) is 7.68. The largest absolute Gasteiger partial charge is 0.375 e. The molecule has 2 heteroatoms. The fraction of sp³-hybridized carbons (Fsp3) is 1.00. The lowest BCUT2D eigenvalue weighted by Gasteiger charge is -2.40. The second-order valence-electron chi connectivity index (χ2n) is 7.88. The molecule has 2 rings (SSSR count). The Balaban J connectivity index is 1.85. The molecule has 18 heavy (non-hydrogen) atoms. The first-order valence-electron chi connectivity index (χ1n) is 7.68. The topological polar surface area (TPSA) is 21.3 Å². The quantitative estimate of drug-likeness (QED) is 0.824. The SMILES string of the molecule is CCC(C)(C)NC1CCC2(CC1)COC(C)(C)C2. The molecule has 0 unspecified atom stereocenters. The lowest BCUT2D eigenvalue weighted by Crippen LogP contribution is -2.48. The zero-order valence-corrected chi connectivity index (χ0v) is 12.9. The zero-order valence-electron chi connectivity index (χ0n) is 12.9. The van der Waals surface area contributed by atoms with Gasteiger partial charge in [-0.2, -0.15) is 0 Å². The number of rotatable bonds is 3. The van der Waals surface area contributed by atoms with Crippen molar-refractivity contribution in [3.63, 3.8) is 0 Å². The van der Waals surface area contributed by atoms with E-state index in [1.165, 1.54) is 38.5 Å². The Bertz CT molecular complexity index is 287. The van der Waals surface area contributed by atoms with E-state index >= 15 is 0 Å². The zero-order chi connectivity index (χ0) is 13.4. The first-order chi connectivity index (χ1) is 8.26. The van der Waals surface area contributed by atoms with Crippen LogP contribution in [0.15, 0.2) is 0 Å². The first kappa shape index (κ1) is 14.3. The molecular weight excluding hydrogens is 222 g/mol. The summed E-state index contributed by atoms with van der Waals surface area (Å²) in [5.41, 5.74) is 0.904. The van der Waals surface area contributed by atoms with E-state index in [2.05, 4.69) is 39.9 Å². The van der Waals surface area contributed by atoms with Gasteiger partial charge < -0.3 is 10.1 Å².